The molecule has 1 N–H and O–H groups in total. The van der Waals surface area contributed by atoms with E-state index in [2.05, 4.69) is 39.1 Å². The summed E-state index contributed by atoms with van der Waals surface area (Å²) >= 11 is 1.41. The largest absolute Gasteiger partial charge is 0.469 e. The number of hydrogen-bond donors (Lipinski definition) is 1. The number of amides is 1. The van der Waals surface area contributed by atoms with Crippen LogP contribution in [0.5, 0.6) is 0 Å². The zero-order chi connectivity index (χ0) is 19.1. The SMILES string of the molecule is CCCn1c(SCC(=O)NCCc2ccccc2)nnc1-c1ccoc1C. The molecule has 7 heteroatoms. The van der Waals surface area contributed by atoms with E-state index in [-0.39, 0.29) is 5.91 Å². The monoisotopic (exact) mass is 384 g/mol. The Balaban J connectivity index is 1.56. The van der Waals surface area contributed by atoms with E-state index < -0.39 is 0 Å². The van der Waals surface area contributed by atoms with Crippen molar-refractivity contribution >= 4 is 17.7 Å². The van der Waals surface area contributed by atoms with Crippen LogP contribution in [0.15, 0.2) is 52.2 Å². The lowest BCUT2D eigenvalue weighted by Crippen LogP contribution is -2.27. The second-order valence-corrected chi connectivity index (χ2v) is 7.17. The molecule has 1 aromatic carbocycles. The third-order valence-corrected chi connectivity index (χ3v) is 5.14. The van der Waals surface area contributed by atoms with Gasteiger partial charge in [0.25, 0.3) is 0 Å². The van der Waals surface area contributed by atoms with Gasteiger partial charge in [-0.15, -0.1) is 10.2 Å². The van der Waals surface area contributed by atoms with Gasteiger partial charge in [-0.1, -0.05) is 49.0 Å². The Hall–Kier alpha value is -2.54. The average molecular weight is 385 g/mol. The summed E-state index contributed by atoms with van der Waals surface area (Å²) < 4.78 is 7.44. The molecular weight excluding hydrogens is 360 g/mol. The maximum Gasteiger partial charge on any atom is 0.230 e. The Kier molecular flexibility index (Phi) is 6.70. The van der Waals surface area contributed by atoms with Crippen LogP contribution in [0.3, 0.4) is 0 Å². The number of hydrogen-bond acceptors (Lipinski definition) is 5. The minimum Gasteiger partial charge on any atom is -0.469 e. The van der Waals surface area contributed by atoms with Crippen molar-refractivity contribution in [2.75, 3.05) is 12.3 Å². The zero-order valence-electron chi connectivity index (χ0n) is 15.6. The lowest BCUT2D eigenvalue weighted by Gasteiger charge is -2.09. The predicted molar refractivity (Wildman–Crippen MR) is 107 cm³/mol. The van der Waals surface area contributed by atoms with Crippen molar-refractivity contribution in [3.63, 3.8) is 0 Å². The van der Waals surface area contributed by atoms with Crippen LogP contribution in [-0.4, -0.2) is 33.0 Å². The molecule has 2 aromatic heterocycles. The number of nitrogens with one attached hydrogen (secondary N) is 1. The first kappa shape index (κ1) is 19.2. The molecule has 0 saturated heterocycles. The fraction of sp³-hybridized carbons (Fsp3) is 0.350. The quantitative estimate of drug-likeness (QED) is 0.570. The Morgan fingerprint density at radius 1 is 1.22 bits per heavy atom. The van der Waals surface area contributed by atoms with Crippen LogP contribution in [0.2, 0.25) is 0 Å². The first-order valence-electron chi connectivity index (χ1n) is 9.10. The summed E-state index contributed by atoms with van der Waals surface area (Å²) in [6, 6.07) is 12.0. The predicted octanol–water partition coefficient (Wildman–Crippen LogP) is 3.71. The van der Waals surface area contributed by atoms with E-state index in [0.717, 1.165) is 41.7 Å². The van der Waals surface area contributed by atoms with Crippen LogP contribution in [0.4, 0.5) is 0 Å². The van der Waals surface area contributed by atoms with E-state index in [4.69, 9.17) is 4.42 Å². The highest BCUT2D eigenvalue weighted by molar-refractivity contribution is 7.99. The lowest BCUT2D eigenvalue weighted by molar-refractivity contribution is -0.118. The molecule has 0 aliphatic carbocycles. The molecule has 0 aliphatic rings. The Morgan fingerprint density at radius 3 is 2.74 bits per heavy atom. The smallest absolute Gasteiger partial charge is 0.230 e. The number of benzene rings is 1. The molecule has 1 amide bonds. The van der Waals surface area contributed by atoms with Gasteiger partial charge in [-0.3, -0.25) is 4.79 Å². The number of nitrogens with zero attached hydrogens (tertiary/aromatic N) is 3. The van der Waals surface area contributed by atoms with Crippen molar-refractivity contribution in [1.29, 1.82) is 0 Å². The summed E-state index contributed by atoms with van der Waals surface area (Å²) in [6.45, 7) is 5.44. The normalized spacial score (nSPS) is 10.9. The summed E-state index contributed by atoms with van der Waals surface area (Å²) in [5.74, 6) is 1.93. The highest BCUT2D eigenvalue weighted by Crippen LogP contribution is 2.27. The number of carbonyl (C=O) groups excluding carboxylic acids is 1. The third kappa shape index (κ3) is 5.01. The third-order valence-electron chi connectivity index (χ3n) is 4.17. The summed E-state index contributed by atoms with van der Waals surface area (Å²) in [6.07, 6.45) is 3.44. The van der Waals surface area contributed by atoms with E-state index in [0.29, 0.717) is 12.3 Å². The molecule has 0 radical (unpaired) electrons. The first-order valence-corrected chi connectivity index (χ1v) is 10.1. The molecule has 27 heavy (non-hydrogen) atoms. The van der Waals surface area contributed by atoms with Crippen LogP contribution in [0.1, 0.15) is 24.7 Å². The number of carbonyl (C=O) groups is 1. The van der Waals surface area contributed by atoms with Crippen molar-refractivity contribution in [1.82, 2.24) is 20.1 Å². The number of rotatable bonds is 9. The molecule has 0 fully saturated rings. The van der Waals surface area contributed by atoms with E-state index >= 15 is 0 Å². The van der Waals surface area contributed by atoms with Crippen LogP contribution in [-0.2, 0) is 17.8 Å². The topological polar surface area (TPSA) is 73.0 Å². The standard InChI is InChI=1S/C20H24N4O2S/c1-3-12-24-19(17-10-13-26-15(17)2)22-23-20(24)27-14-18(25)21-11-9-16-7-5-4-6-8-16/h4-8,10,13H,3,9,11-12,14H2,1-2H3,(H,21,25). The van der Waals surface area contributed by atoms with Crippen molar-refractivity contribution in [2.24, 2.45) is 0 Å². The van der Waals surface area contributed by atoms with Gasteiger partial charge >= 0.3 is 0 Å². The van der Waals surface area contributed by atoms with Gasteiger partial charge in [-0.25, -0.2) is 0 Å². The molecule has 142 valence electrons. The summed E-state index contributed by atoms with van der Waals surface area (Å²) in [5, 5.41) is 12.3. The van der Waals surface area contributed by atoms with Gasteiger partial charge in [0.05, 0.1) is 17.6 Å². The fourth-order valence-corrected chi connectivity index (χ4v) is 3.60. The molecule has 3 aromatic rings. The van der Waals surface area contributed by atoms with Gasteiger partial charge < -0.3 is 14.3 Å². The number of thioether (sulfide) groups is 1. The van der Waals surface area contributed by atoms with Crippen molar-refractivity contribution in [3.05, 3.63) is 54.0 Å². The minimum absolute atomic E-state index is 0.00280. The molecule has 0 saturated carbocycles. The Morgan fingerprint density at radius 2 is 2.04 bits per heavy atom. The van der Waals surface area contributed by atoms with Gasteiger partial charge in [0, 0.05) is 13.1 Å². The van der Waals surface area contributed by atoms with Gasteiger partial charge in [-0.05, 0) is 31.4 Å². The maximum atomic E-state index is 12.2. The van der Waals surface area contributed by atoms with Crippen molar-refractivity contribution in [2.45, 2.75) is 38.4 Å². The Bertz CT molecular complexity index is 873. The number of aryl methyl sites for hydroxylation is 1. The molecule has 3 rings (SSSR count). The maximum absolute atomic E-state index is 12.2. The highest BCUT2D eigenvalue weighted by Gasteiger charge is 2.17. The van der Waals surface area contributed by atoms with Gasteiger partial charge in [0.1, 0.15) is 5.76 Å². The summed E-state index contributed by atoms with van der Waals surface area (Å²) in [4.78, 5) is 12.2. The molecule has 2 heterocycles. The highest BCUT2D eigenvalue weighted by atomic mass is 32.2. The number of aromatic nitrogens is 3. The van der Waals surface area contributed by atoms with Gasteiger partial charge in [0.2, 0.25) is 5.91 Å². The lowest BCUT2D eigenvalue weighted by atomic mass is 10.1. The van der Waals surface area contributed by atoms with Crippen LogP contribution >= 0.6 is 11.8 Å². The molecule has 0 unspecified atom stereocenters. The second-order valence-electron chi connectivity index (χ2n) is 6.22. The van der Waals surface area contributed by atoms with E-state index in [1.54, 1.807) is 6.26 Å². The average Bonchev–Trinajstić information content (AvgIpc) is 3.27. The second kappa shape index (κ2) is 9.41. The Labute approximate surface area is 163 Å². The molecule has 0 spiro atoms. The molecule has 0 atom stereocenters. The van der Waals surface area contributed by atoms with Crippen LogP contribution in [0, 0.1) is 6.92 Å². The van der Waals surface area contributed by atoms with Crippen molar-refractivity contribution in [3.8, 4) is 11.4 Å². The number of furan rings is 1. The summed E-state index contributed by atoms with van der Waals surface area (Å²) in [7, 11) is 0. The summed E-state index contributed by atoms with van der Waals surface area (Å²) in [5.41, 5.74) is 2.16. The van der Waals surface area contributed by atoms with Gasteiger partial charge in [-0.2, -0.15) is 0 Å². The fourth-order valence-electron chi connectivity index (χ4n) is 2.81. The zero-order valence-corrected chi connectivity index (χ0v) is 16.5. The molecular formula is C20H24N4O2S. The van der Waals surface area contributed by atoms with Crippen LogP contribution in [0.25, 0.3) is 11.4 Å². The molecule has 0 aliphatic heterocycles. The van der Waals surface area contributed by atoms with Crippen LogP contribution < -0.4 is 5.32 Å². The van der Waals surface area contributed by atoms with Crippen molar-refractivity contribution < 1.29 is 9.21 Å². The first-order chi connectivity index (χ1) is 13.2. The van der Waals surface area contributed by atoms with E-state index in [9.17, 15) is 4.79 Å². The molecule has 6 nitrogen and oxygen atoms in total. The van der Waals surface area contributed by atoms with E-state index in [1.807, 2.05) is 31.2 Å². The molecule has 0 bridgehead atoms. The minimum atomic E-state index is 0.00280. The van der Waals surface area contributed by atoms with Gasteiger partial charge in [0.15, 0.2) is 11.0 Å². The van der Waals surface area contributed by atoms with E-state index in [1.165, 1.54) is 17.3 Å².